The lowest BCUT2D eigenvalue weighted by Crippen LogP contribution is -2.41. The zero-order valence-corrected chi connectivity index (χ0v) is 91.1. The van der Waals surface area contributed by atoms with Crippen LogP contribution in [0, 0.1) is 11.8 Å². The van der Waals surface area contributed by atoms with Crippen LogP contribution in [0.15, 0.2) is 177 Å². The summed E-state index contributed by atoms with van der Waals surface area (Å²) in [7, 11) is 3.13. The number of benzene rings is 4. The van der Waals surface area contributed by atoms with Crippen LogP contribution in [0.3, 0.4) is 0 Å². The highest BCUT2D eigenvalue weighted by molar-refractivity contribution is 9.11. The van der Waals surface area contributed by atoms with Crippen LogP contribution in [0.1, 0.15) is 252 Å². The highest BCUT2D eigenvalue weighted by atomic mass is 79.9. The zero-order chi connectivity index (χ0) is 101. The van der Waals surface area contributed by atoms with E-state index in [0.717, 1.165) is 122 Å². The molecule has 12 rings (SSSR count). The largest absolute Gasteiger partial charge is 0.498 e. The maximum absolute atomic E-state index is 12.8. The predicted octanol–water partition coefficient (Wildman–Crippen LogP) is 22.9. The number of aryl methyl sites for hydroxylation is 6. The number of aromatic nitrogens is 11. The van der Waals surface area contributed by atoms with Crippen LogP contribution in [0.2, 0.25) is 0 Å². The minimum Gasteiger partial charge on any atom is -0.478 e. The molecule has 38 heteroatoms. The van der Waals surface area contributed by atoms with Crippen molar-refractivity contribution in [1.29, 1.82) is 0 Å². The highest BCUT2D eigenvalue weighted by Crippen LogP contribution is 2.40. The monoisotopic (exact) mass is 2120 g/mol. The number of hydrogen-bond donors (Lipinski definition) is 2. The third kappa shape index (κ3) is 38.5. The molecule has 1 aliphatic heterocycles. The molecule has 3 N–H and O–H groups in total. The Morgan fingerprint density at radius 1 is 0.500 bits per heavy atom. The van der Waals surface area contributed by atoms with Gasteiger partial charge in [-0.05, 0) is 233 Å². The quantitative estimate of drug-likeness (QED) is 0.0161. The molecule has 0 aliphatic carbocycles. The number of sulfone groups is 1. The molecule has 2 atom stereocenters. The highest BCUT2D eigenvalue weighted by Gasteiger charge is 2.52. The zero-order valence-electron chi connectivity index (χ0n) is 82.2. The van der Waals surface area contributed by atoms with Crippen molar-refractivity contribution >= 4 is 159 Å². The van der Waals surface area contributed by atoms with Crippen molar-refractivity contribution in [3.63, 3.8) is 0 Å². The molecule has 7 aromatic heterocycles. The Kier molecular flexibility index (Phi) is 45.1. The summed E-state index contributed by atoms with van der Waals surface area (Å²) in [4.78, 5) is 88.4. The molecule has 0 amide bonds. The number of nitrogens with two attached hydrogens (primary N) is 1. The standard InChI is InChI=1S/C26H38N2O4S.C22H33BrO4S.C20H23N3O2S2.C15H14N4O4S2.C10H17BN2O2.C5H6BrNS/c1-7-9-10-19(8-2)18-31-24(29)11-12-33-23-14-20(22-16-27-28(6)17-22)13-21(15-23)25(30)32-26(3,4)5;1-6-8-9-16(7-2)15-26-20(24)10-11-28-19-13-17(12-18(23)14-19)21(25)27-22(3,4)5;1-6-17-21-11-18(27-17)26-16-8-13(15-10-22-23(5)12-15)7-14(9-16)19(24)25-20(2,3)4;1-19-8-11(6-18-19)9-2-10(15(20)21)4-12(3-9)25(22,23)14-7-17-13(5-16)24-14;1-9(2)10(3,4)15-11(14-9)8-6-12-13(5)7-8;1-2-5-7-3-4(6)8-5/h13-17,19H,7-12,18H2,1-6H3;12-14,16H,6-11,15H2,1-5H3;7-12H,6H2,1-5H3;2-4,6-8H,5,16H2,1H3,(H,20,21);6-7H,1-5H3;3H,2H2,1H3. The molecular weight excluding hydrogens is 2000 g/mol. The van der Waals surface area contributed by atoms with E-state index >= 15 is 0 Å². The Bertz CT molecular complexity index is 5830. The third-order valence-electron chi connectivity index (χ3n) is 20.5. The fourth-order valence-electron chi connectivity index (χ4n) is 12.5. The van der Waals surface area contributed by atoms with Crippen molar-refractivity contribution in [1.82, 2.24) is 54.1 Å². The number of nitrogens with zero attached hydrogens (tertiary/aromatic N) is 11. The molecule has 0 saturated carbocycles. The van der Waals surface area contributed by atoms with Crippen molar-refractivity contribution < 1.29 is 75.3 Å². The van der Waals surface area contributed by atoms with Crippen molar-refractivity contribution in [2.45, 2.75) is 271 Å². The summed E-state index contributed by atoms with van der Waals surface area (Å²) in [6.45, 7) is 38.8. The Balaban J connectivity index is 0.000000230. The number of carbonyl (C=O) groups is 6. The maximum atomic E-state index is 12.8. The van der Waals surface area contributed by atoms with Crippen molar-refractivity contribution in [2.24, 2.45) is 45.8 Å². The molecule has 8 heterocycles. The first-order valence-corrected chi connectivity index (χ1v) is 53.4. The first kappa shape index (κ1) is 114. The van der Waals surface area contributed by atoms with E-state index in [2.05, 4.69) is 115 Å². The average molecular weight is 2130 g/mol. The van der Waals surface area contributed by atoms with E-state index in [1.165, 1.54) is 72.3 Å². The SMILES string of the molecule is CCCCC(CC)COC(=O)CCSc1cc(Br)cc(C(=O)OC(C)(C)C)c1.CCCCC(CC)COC(=O)CCSc1cc(C(=O)OC(C)(C)C)cc(-c2cnn(C)c2)c1.CCc1ncc(Br)s1.CCc1ncc(Sc2cc(C(=O)OC(C)(C)C)cc(-c3cnn(C)c3)c2)s1.Cn1cc(-c2cc(C(=O)O)cc(S(=O)(=O)c3cnc(CN)s3)c2)cn1.Cn1cc(B2OC(C)(C)C(C)(C)O2)cn1. The minimum atomic E-state index is -3.90. The van der Waals surface area contributed by atoms with E-state index in [-0.39, 0.29) is 69.4 Å². The van der Waals surface area contributed by atoms with E-state index in [1.54, 1.807) is 97.1 Å². The van der Waals surface area contributed by atoms with Gasteiger partial charge in [-0.3, -0.25) is 28.3 Å². The number of carboxylic acid groups (broad SMARTS) is 1. The second-order valence-electron chi connectivity index (χ2n) is 36.1. The number of carbonyl (C=O) groups excluding carboxylic acids is 5. The van der Waals surface area contributed by atoms with Crippen LogP contribution in [-0.4, -0.2) is 163 Å². The number of rotatable bonds is 35. The molecule has 1 aliphatic rings. The van der Waals surface area contributed by atoms with Crippen molar-refractivity contribution in [2.75, 3.05) is 24.7 Å². The van der Waals surface area contributed by atoms with Crippen LogP contribution >= 0.6 is 101 Å². The Morgan fingerprint density at radius 2 is 0.912 bits per heavy atom. The maximum Gasteiger partial charge on any atom is 0.498 e. The van der Waals surface area contributed by atoms with Crippen molar-refractivity contribution in [3.8, 4) is 33.4 Å². The van der Waals surface area contributed by atoms with E-state index in [1.807, 2.05) is 179 Å². The van der Waals surface area contributed by atoms with Gasteiger partial charge in [0.1, 0.15) is 26.0 Å². The number of halogens is 2. The summed E-state index contributed by atoms with van der Waals surface area (Å²) >= 11 is 15.8. The Hall–Kier alpha value is -8.67. The van der Waals surface area contributed by atoms with Crippen LogP contribution < -0.4 is 11.2 Å². The molecule has 0 radical (unpaired) electrons. The van der Waals surface area contributed by atoms with Crippen molar-refractivity contribution in [3.05, 3.63) is 186 Å². The van der Waals surface area contributed by atoms with Gasteiger partial charge in [0.2, 0.25) is 9.84 Å². The van der Waals surface area contributed by atoms with Gasteiger partial charge in [-0.1, -0.05) is 108 Å². The summed E-state index contributed by atoms with van der Waals surface area (Å²) < 4.78 is 74.8. The predicted molar refractivity (Wildman–Crippen MR) is 551 cm³/mol. The molecule has 0 bridgehead atoms. The van der Waals surface area contributed by atoms with Crippen LogP contribution in [0.4, 0.5) is 0 Å². The molecule has 1 saturated heterocycles. The first-order valence-electron chi connectivity index (χ1n) is 45.1. The molecule has 738 valence electrons. The summed E-state index contributed by atoms with van der Waals surface area (Å²) in [5, 5.41) is 28.7. The fraction of sp³-hybridized carbons (Fsp3) is 0.480. The van der Waals surface area contributed by atoms with Gasteiger partial charge in [0.05, 0.1) is 120 Å². The number of carboxylic acids is 1. The second kappa shape index (κ2) is 53.6. The molecule has 2 unspecified atom stereocenters. The fourth-order valence-corrected chi connectivity index (χ4v) is 20.9. The summed E-state index contributed by atoms with van der Waals surface area (Å²) in [5.41, 5.74) is 10.4. The lowest BCUT2D eigenvalue weighted by Gasteiger charge is -2.32. The molecule has 28 nitrogen and oxygen atoms in total. The minimum absolute atomic E-state index is 0.0209. The van der Waals surface area contributed by atoms with Crippen LogP contribution in [0.5, 0.6) is 0 Å². The smallest absolute Gasteiger partial charge is 0.478 e. The number of thiazole rings is 3. The summed E-state index contributed by atoms with van der Waals surface area (Å²) in [6.07, 6.45) is 30.8. The number of esters is 5. The molecule has 4 aromatic carbocycles. The third-order valence-corrected chi connectivity index (χ3v) is 29.9. The average Bonchev–Trinajstić information content (AvgIpc) is 1.70. The number of unbranched alkanes of at least 4 members (excludes halogenated alkanes) is 2. The van der Waals surface area contributed by atoms with Gasteiger partial charge in [0.15, 0.2) is 0 Å². The second-order valence-corrected chi connectivity index (χ2v) is 47.6. The Morgan fingerprint density at radius 3 is 1.29 bits per heavy atom. The summed E-state index contributed by atoms with van der Waals surface area (Å²) in [5.74, 6) is -0.517. The van der Waals surface area contributed by atoms with Gasteiger partial charge in [0.25, 0.3) is 0 Å². The van der Waals surface area contributed by atoms with Gasteiger partial charge in [-0.25, -0.2) is 42.5 Å². The normalized spacial score (nSPS) is 13.2. The first-order chi connectivity index (χ1) is 63.9. The van der Waals surface area contributed by atoms with Gasteiger partial charge in [-0.15, -0.1) is 57.5 Å². The Labute approximate surface area is 843 Å². The van der Waals surface area contributed by atoms with E-state index in [4.69, 9.17) is 38.7 Å². The van der Waals surface area contributed by atoms with Gasteiger partial charge in [-0.2, -0.15) is 20.4 Å². The molecule has 11 aromatic rings. The molecule has 1 fully saturated rings. The number of hydrogen-bond acceptors (Lipinski definition) is 29. The van der Waals surface area contributed by atoms with Crippen LogP contribution in [-0.2, 0) is 100.0 Å². The van der Waals surface area contributed by atoms with Crippen LogP contribution in [0.25, 0.3) is 33.4 Å². The summed E-state index contributed by atoms with van der Waals surface area (Å²) in [6, 6.07) is 20.9. The molecule has 136 heavy (non-hydrogen) atoms. The van der Waals surface area contributed by atoms with E-state index < -0.39 is 32.6 Å². The number of aromatic carboxylic acids is 1. The topological polar surface area (TPSA) is 357 Å². The molecular formula is C98H131BBr2N12O16S7. The van der Waals surface area contributed by atoms with Gasteiger partial charge >= 0.3 is 42.9 Å². The van der Waals surface area contributed by atoms with E-state index in [9.17, 15) is 42.3 Å². The van der Waals surface area contributed by atoms with Gasteiger partial charge < -0.3 is 43.8 Å². The number of thioether (sulfide) groups is 2. The lowest BCUT2D eigenvalue weighted by atomic mass is 9.82. The molecule has 0 spiro atoms. The lowest BCUT2D eigenvalue weighted by molar-refractivity contribution is -0.145. The van der Waals surface area contributed by atoms with E-state index in [0.29, 0.717) is 82.2 Å². The van der Waals surface area contributed by atoms with Gasteiger partial charge in [0, 0.05) is 119 Å². The number of ether oxygens (including phenoxy) is 5.